The van der Waals surface area contributed by atoms with Gasteiger partial charge in [0.1, 0.15) is 0 Å². The second-order valence-electron chi connectivity index (χ2n) is 3.49. The highest BCUT2D eigenvalue weighted by molar-refractivity contribution is 5.43. The summed E-state index contributed by atoms with van der Waals surface area (Å²) in [5.74, 6) is 0. The van der Waals surface area contributed by atoms with Gasteiger partial charge in [0, 0.05) is 17.7 Å². The van der Waals surface area contributed by atoms with Gasteiger partial charge in [-0.15, -0.1) is 0 Å². The Balaban J connectivity index is 3.02. The number of nitrogens with zero attached hydrogens (tertiary/aromatic N) is 1. The summed E-state index contributed by atoms with van der Waals surface area (Å²) in [4.78, 5) is 10.3. The predicted molar refractivity (Wildman–Crippen MR) is 58.4 cm³/mol. The first-order valence-electron chi connectivity index (χ1n) is 4.77. The molecule has 0 aliphatic heterocycles. The van der Waals surface area contributed by atoms with Gasteiger partial charge in [-0.2, -0.15) is 0 Å². The molecule has 1 aromatic rings. The number of hydrogen-bond donors (Lipinski definition) is 2. The number of rotatable bonds is 4. The Hall–Kier alpha value is -1.46. The van der Waals surface area contributed by atoms with E-state index in [2.05, 4.69) is 0 Å². The van der Waals surface area contributed by atoms with Crippen LogP contribution in [0.15, 0.2) is 18.2 Å². The van der Waals surface area contributed by atoms with Gasteiger partial charge in [-0.25, -0.2) is 0 Å². The molecule has 5 nitrogen and oxygen atoms in total. The smallest absolute Gasteiger partial charge is 0.272 e. The lowest BCUT2D eigenvalue weighted by atomic mass is 10.0. The van der Waals surface area contributed by atoms with Gasteiger partial charge >= 0.3 is 0 Å². The van der Waals surface area contributed by atoms with E-state index in [9.17, 15) is 10.1 Å². The minimum Gasteiger partial charge on any atom is -0.330 e. The van der Waals surface area contributed by atoms with Gasteiger partial charge in [-0.05, 0) is 25.5 Å². The Morgan fingerprint density at radius 2 is 2.20 bits per heavy atom. The fraction of sp³-hybridized carbons (Fsp3) is 0.400. The zero-order chi connectivity index (χ0) is 11.4. The van der Waals surface area contributed by atoms with Gasteiger partial charge < -0.3 is 11.5 Å². The van der Waals surface area contributed by atoms with Crippen molar-refractivity contribution in [2.75, 3.05) is 6.54 Å². The van der Waals surface area contributed by atoms with E-state index in [0.29, 0.717) is 18.5 Å². The summed E-state index contributed by atoms with van der Waals surface area (Å²) in [6.07, 6.45) is 0.625. The maximum absolute atomic E-state index is 10.7. The van der Waals surface area contributed by atoms with Crippen LogP contribution in [-0.2, 0) is 0 Å². The molecule has 0 bridgehead atoms. The van der Waals surface area contributed by atoms with Crippen LogP contribution in [-0.4, -0.2) is 11.5 Å². The van der Waals surface area contributed by atoms with Crippen molar-refractivity contribution in [2.24, 2.45) is 11.5 Å². The van der Waals surface area contributed by atoms with E-state index in [1.807, 2.05) is 6.07 Å². The Kier molecular flexibility index (Phi) is 3.76. The van der Waals surface area contributed by atoms with Crippen molar-refractivity contribution in [1.82, 2.24) is 0 Å². The van der Waals surface area contributed by atoms with E-state index < -0.39 is 4.92 Å². The van der Waals surface area contributed by atoms with Crippen molar-refractivity contribution in [3.63, 3.8) is 0 Å². The first-order chi connectivity index (χ1) is 7.06. The Bertz CT molecular complexity index is 366. The van der Waals surface area contributed by atoms with Crippen LogP contribution in [0.25, 0.3) is 0 Å². The summed E-state index contributed by atoms with van der Waals surface area (Å²) in [5.41, 5.74) is 12.7. The standard InChI is InChI=1S/C10H15N3O2/c1-7-2-3-8(9(12)4-5-11)6-10(7)13(14)15/h2-3,6,9H,4-5,11-12H2,1H3/t9-/m1/s1. The van der Waals surface area contributed by atoms with Gasteiger partial charge in [-0.3, -0.25) is 10.1 Å². The number of nitrogens with two attached hydrogens (primary N) is 2. The van der Waals surface area contributed by atoms with E-state index in [-0.39, 0.29) is 11.7 Å². The zero-order valence-corrected chi connectivity index (χ0v) is 8.64. The van der Waals surface area contributed by atoms with Crippen molar-refractivity contribution >= 4 is 5.69 Å². The van der Waals surface area contributed by atoms with Gasteiger partial charge in [0.25, 0.3) is 5.69 Å². The largest absolute Gasteiger partial charge is 0.330 e. The normalized spacial score (nSPS) is 12.5. The van der Waals surface area contributed by atoms with Gasteiger partial charge in [-0.1, -0.05) is 12.1 Å². The average molecular weight is 209 g/mol. The molecule has 1 rings (SSSR count). The molecule has 15 heavy (non-hydrogen) atoms. The highest BCUT2D eigenvalue weighted by atomic mass is 16.6. The molecular formula is C10H15N3O2. The Morgan fingerprint density at radius 3 is 2.73 bits per heavy atom. The predicted octanol–water partition coefficient (Wildman–Crippen LogP) is 1.25. The van der Waals surface area contributed by atoms with Crippen LogP contribution < -0.4 is 11.5 Å². The molecule has 1 aromatic carbocycles. The van der Waals surface area contributed by atoms with Crippen LogP contribution in [0.4, 0.5) is 5.69 Å². The van der Waals surface area contributed by atoms with Crippen LogP contribution in [0, 0.1) is 17.0 Å². The highest BCUT2D eigenvalue weighted by Crippen LogP contribution is 2.23. The van der Waals surface area contributed by atoms with Gasteiger partial charge in [0.15, 0.2) is 0 Å². The second kappa shape index (κ2) is 4.86. The summed E-state index contributed by atoms with van der Waals surface area (Å²) in [5, 5.41) is 10.7. The maximum Gasteiger partial charge on any atom is 0.272 e. The monoisotopic (exact) mass is 209 g/mol. The van der Waals surface area contributed by atoms with Crippen LogP contribution in [0.1, 0.15) is 23.6 Å². The van der Waals surface area contributed by atoms with Crippen molar-refractivity contribution in [1.29, 1.82) is 0 Å². The topological polar surface area (TPSA) is 95.2 Å². The summed E-state index contributed by atoms with van der Waals surface area (Å²) in [7, 11) is 0. The van der Waals surface area contributed by atoms with Crippen LogP contribution in [0.5, 0.6) is 0 Å². The third kappa shape index (κ3) is 2.74. The molecule has 0 amide bonds. The lowest BCUT2D eigenvalue weighted by molar-refractivity contribution is -0.385. The maximum atomic E-state index is 10.7. The Morgan fingerprint density at radius 1 is 1.53 bits per heavy atom. The van der Waals surface area contributed by atoms with Crippen LogP contribution in [0.2, 0.25) is 0 Å². The van der Waals surface area contributed by atoms with Crippen molar-refractivity contribution in [3.8, 4) is 0 Å². The number of benzene rings is 1. The lowest BCUT2D eigenvalue weighted by Gasteiger charge is -2.10. The third-order valence-corrected chi connectivity index (χ3v) is 2.34. The average Bonchev–Trinajstić information content (AvgIpc) is 2.18. The molecule has 4 N–H and O–H groups in total. The first kappa shape index (κ1) is 11.6. The summed E-state index contributed by atoms with van der Waals surface area (Å²) in [6.45, 7) is 2.18. The van der Waals surface area contributed by atoms with E-state index >= 15 is 0 Å². The SMILES string of the molecule is Cc1ccc([C@H](N)CCN)cc1[N+](=O)[O-]. The summed E-state index contributed by atoms with van der Waals surface area (Å²) in [6, 6.07) is 4.82. The molecule has 0 unspecified atom stereocenters. The highest BCUT2D eigenvalue weighted by Gasteiger charge is 2.13. The quantitative estimate of drug-likeness (QED) is 0.576. The van der Waals surface area contributed by atoms with Crippen LogP contribution in [0.3, 0.4) is 0 Å². The van der Waals surface area contributed by atoms with E-state index in [1.165, 1.54) is 6.07 Å². The molecule has 0 aliphatic rings. The van der Waals surface area contributed by atoms with Crippen molar-refractivity contribution in [3.05, 3.63) is 39.4 Å². The molecule has 5 heteroatoms. The second-order valence-corrected chi connectivity index (χ2v) is 3.49. The number of aryl methyl sites for hydroxylation is 1. The molecule has 82 valence electrons. The molecule has 0 spiro atoms. The minimum absolute atomic E-state index is 0.111. The van der Waals surface area contributed by atoms with E-state index in [4.69, 9.17) is 11.5 Å². The van der Waals surface area contributed by atoms with Crippen molar-refractivity contribution < 1.29 is 4.92 Å². The fourth-order valence-corrected chi connectivity index (χ4v) is 1.40. The van der Waals surface area contributed by atoms with Crippen molar-refractivity contribution in [2.45, 2.75) is 19.4 Å². The third-order valence-electron chi connectivity index (χ3n) is 2.34. The van der Waals surface area contributed by atoms with Gasteiger partial charge in [0.05, 0.1) is 4.92 Å². The molecule has 0 fully saturated rings. The first-order valence-corrected chi connectivity index (χ1v) is 4.77. The van der Waals surface area contributed by atoms with Crippen LogP contribution >= 0.6 is 0 Å². The molecular weight excluding hydrogens is 194 g/mol. The summed E-state index contributed by atoms with van der Waals surface area (Å²) >= 11 is 0. The van der Waals surface area contributed by atoms with E-state index in [1.54, 1.807) is 13.0 Å². The number of hydrogen-bond acceptors (Lipinski definition) is 4. The van der Waals surface area contributed by atoms with Gasteiger partial charge in [0.2, 0.25) is 0 Å². The number of nitro benzene ring substituents is 1. The Labute approximate surface area is 88.2 Å². The molecule has 0 radical (unpaired) electrons. The molecule has 1 atom stereocenters. The molecule has 0 saturated heterocycles. The lowest BCUT2D eigenvalue weighted by Crippen LogP contribution is -2.15. The molecule has 0 saturated carbocycles. The number of nitro groups is 1. The fourth-order valence-electron chi connectivity index (χ4n) is 1.40. The van der Waals surface area contributed by atoms with E-state index in [0.717, 1.165) is 5.56 Å². The molecule has 0 heterocycles. The minimum atomic E-state index is -0.395. The summed E-state index contributed by atoms with van der Waals surface area (Å²) < 4.78 is 0. The zero-order valence-electron chi connectivity index (χ0n) is 8.64. The molecule has 0 aromatic heterocycles. The molecule has 0 aliphatic carbocycles.